The van der Waals surface area contributed by atoms with Crippen molar-refractivity contribution in [3.8, 4) is 0 Å². The van der Waals surface area contributed by atoms with Gasteiger partial charge in [-0.3, -0.25) is 0 Å². The molecule has 3 heteroatoms. The first-order chi connectivity index (χ1) is 9.06. The Kier molecular flexibility index (Phi) is 4.38. The van der Waals surface area contributed by atoms with E-state index in [4.69, 9.17) is 0 Å². The Morgan fingerprint density at radius 2 is 1.37 bits per heavy atom. The highest BCUT2D eigenvalue weighted by Crippen LogP contribution is 2.19. The Morgan fingerprint density at radius 3 is 1.84 bits per heavy atom. The second kappa shape index (κ2) is 6.02. The first-order valence-corrected chi connectivity index (χ1v) is 7.56. The van der Waals surface area contributed by atoms with Gasteiger partial charge in [-0.1, -0.05) is 17.7 Å². The summed E-state index contributed by atoms with van der Waals surface area (Å²) in [4.78, 5) is 1.67. The van der Waals surface area contributed by atoms with Gasteiger partial charge < -0.3 is 5.32 Å². The number of hydrogen-bond donors (Lipinski definition) is 1. The molecule has 0 amide bonds. The van der Waals surface area contributed by atoms with Gasteiger partial charge in [-0.2, -0.15) is 0 Å². The standard InChI is InChI=1S/C16H19NOS/c1-12(2)17-14-6-10-16(11-7-14)19(18)15-8-4-13(3)5-9-15/h4-12,17H,1-3H3. The summed E-state index contributed by atoms with van der Waals surface area (Å²) in [5, 5.41) is 3.32. The van der Waals surface area contributed by atoms with Gasteiger partial charge in [0.25, 0.3) is 0 Å². The molecule has 0 saturated heterocycles. The highest BCUT2D eigenvalue weighted by Gasteiger charge is 2.06. The largest absolute Gasteiger partial charge is 0.383 e. The lowest BCUT2D eigenvalue weighted by Crippen LogP contribution is -2.09. The van der Waals surface area contributed by atoms with Crippen LogP contribution < -0.4 is 5.32 Å². The number of rotatable bonds is 4. The van der Waals surface area contributed by atoms with E-state index in [1.807, 2.05) is 55.5 Å². The maximum absolute atomic E-state index is 12.4. The van der Waals surface area contributed by atoms with Crippen LogP contribution in [0.5, 0.6) is 0 Å². The van der Waals surface area contributed by atoms with Gasteiger partial charge in [0.05, 0.1) is 10.8 Å². The third-order valence-corrected chi connectivity index (χ3v) is 4.16. The van der Waals surface area contributed by atoms with Crippen LogP contribution in [0.2, 0.25) is 0 Å². The van der Waals surface area contributed by atoms with Gasteiger partial charge in [0.2, 0.25) is 0 Å². The second-order valence-electron chi connectivity index (χ2n) is 4.91. The average molecular weight is 273 g/mol. The monoisotopic (exact) mass is 273 g/mol. The van der Waals surface area contributed by atoms with Crippen LogP contribution >= 0.6 is 0 Å². The third-order valence-electron chi connectivity index (χ3n) is 2.76. The van der Waals surface area contributed by atoms with Crippen LogP contribution in [0.1, 0.15) is 19.4 Å². The fourth-order valence-corrected chi connectivity index (χ4v) is 2.84. The molecular formula is C16H19NOS. The van der Waals surface area contributed by atoms with Crippen LogP contribution in [-0.2, 0) is 10.8 Å². The van der Waals surface area contributed by atoms with E-state index >= 15 is 0 Å². The third kappa shape index (κ3) is 3.67. The molecule has 0 bridgehead atoms. The Balaban J connectivity index is 2.17. The predicted octanol–water partition coefficient (Wildman–Crippen LogP) is 3.98. The quantitative estimate of drug-likeness (QED) is 0.913. The van der Waals surface area contributed by atoms with Gasteiger partial charge in [-0.05, 0) is 57.2 Å². The van der Waals surface area contributed by atoms with Crippen LogP contribution in [0.4, 0.5) is 5.69 Å². The van der Waals surface area contributed by atoms with Gasteiger partial charge in [0.15, 0.2) is 0 Å². The van der Waals surface area contributed by atoms with E-state index < -0.39 is 10.8 Å². The van der Waals surface area contributed by atoms with E-state index in [1.54, 1.807) is 0 Å². The molecular weight excluding hydrogens is 254 g/mol. The molecule has 0 saturated carbocycles. The van der Waals surface area contributed by atoms with Crippen LogP contribution in [0.3, 0.4) is 0 Å². The van der Waals surface area contributed by atoms with E-state index in [0.29, 0.717) is 6.04 Å². The first kappa shape index (κ1) is 13.8. The highest BCUT2D eigenvalue weighted by molar-refractivity contribution is 7.85. The van der Waals surface area contributed by atoms with Crippen molar-refractivity contribution < 1.29 is 4.21 Å². The molecule has 0 heterocycles. The summed E-state index contributed by atoms with van der Waals surface area (Å²) in [6.07, 6.45) is 0. The molecule has 19 heavy (non-hydrogen) atoms. The zero-order chi connectivity index (χ0) is 13.8. The predicted molar refractivity (Wildman–Crippen MR) is 81.1 cm³/mol. The van der Waals surface area contributed by atoms with Gasteiger partial charge in [0.1, 0.15) is 0 Å². The molecule has 0 fully saturated rings. The molecule has 2 rings (SSSR count). The van der Waals surface area contributed by atoms with Crippen molar-refractivity contribution in [1.29, 1.82) is 0 Å². The molecule has 1 atom stereocenters. The summed E-state index contributed by atoms with van der Waals surface area (Å²) < 4.78 is 12.4. The zero-order valence-electron chi connectivity index (χ0n) is 11.5. The van der Waals surface area contributed by atoms with Crippen molar-refractivity contribution in [2.75, 3.05) is 5.32 Å². The van der Waals surface area contributed by atoms with Crippen molar-refractivity contribution in [3.63, 3.8) is 0 Å². The molecule has 0 aliphatic heterocycles. The number of benzene rings is 2. The van der Waals surface area contributed by atoms with Gasteiger partial charge in [-0.15, -0.1) is 0 Å². The Bertz CT molecular complexity index is 558. The number of aryl methyl sites for hydroxylation is 1. The summed E-state index contributed by atoms with van der Waals surface area (Å²) in [6, 6.07) is 16.0. The van der Waals surface area contributed by atoms with E-state index in [-0.39, 0.29) is 0 Å². The zero-order valence-corrected chi connectivity index (χ0v) is 12.3. The molecule has 2 nitrogen and oxygen atoms in total. The average Bonchev–Trinajstić information content (AvgIpc) is 2.39. The summed E-state index contributed by atoms with van der Waals surface area (Å²) >= 11 is 0. The molecule has 1 unspecified atom stereocenters. The first-order valence-electron chi connectivity index (χ1n) is 6.41. The summed E-state index contributed by atoms with van der Waals surface area (Å²) in [5.41, 5.74) is 2.23. The van der Waals surface area contributed by atoms with E-state index in [9.17, 15) is 4.21 Å². The van der Waals surface area contributed by atoms with Crippen molar-refractivity contribution >= 4 is 16.5 Å². The van der Waals surface area contributed by atoms with Gasteiger partial charge >= 0.3 is 0 Å². The minimum atomic E-state index is -1.10. The Labute approximate surface area is 117 Å². The maximum Gasteiger partial charge on any atom is 0.0849 e. The van der Waals surface area contributed by atoms with E-state index in [0.717, 1.165) is 15.5 Å². The van der Waals surface area contributed by atoms with E-state index in [2.05, 4.69) is 19.2 Å². The summed E-state index contributed by atoms with van der Waals surface area (Å²) in [7, 11) is -1.10. The highest BCUT2D eigenvalue weighted by atomic mass is 32.2. The SMILES string of the molecule is Cc1ccc(S(=O)c2ccc(NC(C)C)cc2)cc1. The molecule has 1 N–H and O–H groups in total. The van der Waals surface area contributed by atoms with Crippen LogP contribution in [0, 0.1) is 6.92 Å². The number of nitrogens with one attached hydrogen (secondary N) is 1. The lowest BCUT2D eigenvalue weighted by Gasteiger charge is -2.10. The lowest BCUT2D eigenvalue weighted by atomic mass is 10.2. The van der Waals surface area contributed by atoms with Gasteiger partial charge in [0, 0.05) is 21.5 Å². The molecule has 0 aliphatic carbocycles. The minimum absolute atomic E-state index is 0.397. The molecule has 0 spiro atoms. The van der Waals surface area contributed by atoms with Crippen LogP contribution in [-0.4, -0.2) is 10.3 Å². The topological polar surface area (TPSA) is 29.1 Å². The van der Waals surface area contributed by atoms with Gasteiger partial charge in [-0.25, -0.2) is 4.21 Å². The molecule has 0 aromatic heterocycles. The van der Waals surface area contributed by atoms with Crippen molar-refractivity contribution in [2.45, 2.75) is 36.6 Å². The lowest BCUT2D eigenvalue weighted by molar-refractivity contribution is 0.683. The van der Waals surface area contributed by atoms with Crippen LogP contribution in [0.15, 0.2) is 58.3 Å². The van der Waals surface area contributed by atoms with Crippen molar-refractivity contribution in [3.05, 3.63) is 54.1 Å². The fraction of sp³-hybridized carbons (Fsp3) is 0.250. The fourth-order valence-electron chi connectivity index (χ4n) is 1.81. The minimum Gasteiger partial charge on any atom is -0.383 e. The smallest absolute Gasteiger partial charge is 0.0849 e. The number of hydrogen-bond acceptors (Lipinski definition) is 2. The van der Waals surface area contributed by atoms with E-state index in [1.165, 1.54) is 5.56 Å². The summed E-state index contributed by atoms with van der Waals surface area (Å²) in [6.45, 7) is 6.22. The normalized spacial score (nSPS) is 12.4. The van der Waals surface area contributed by atoms with Crippen molar-refractivity contribution in [2.24, 2.45) is 0 Å². The molecule has 100 valence electrons. The molecule has 2 aromatic rings. The maximum atomic E-state index is 12.4. The van der Waals surface area contributed by atoms with Crippen molar-refractivity contribution in [1.82, 2.24) is 0 Å². The Morgan fingerprint density at radius 1 is 0.895 bits per heavy atom. The second-order valence-corrected chi connectivity index (χ2v) is 6.39. The molecule has 0 aliphatic rings. The summed E-state index contributed by atoms with van der Waals surface area (Å²) in [5.74, 6) is 0. The Hall–Kier alpha value is -1.61. The molecule has 2 aromatic carbocycles. The molecule has 0 radical (unpaired) electrons. The number of anilines is 1. The van der Waals surface area contributed by atoms with Crippen LogP contribution in [0.25, 0.3) is 0 Å².